The van der Waals surface area contributed by atoms with Gasteiger partial charge in [0.15, 0.2) is 0 Å². The van der Waals surface area contributed by atoms with Gasteiger partial charge in [0.2, 0.25) is 0 Å². The Kier molecular flexibility index (Phi) is 5.85. The molecule has 2 aromatic rings. The van der Waals surface area contributed by atoms with Gasteiger partial charge in [-0.1, -0.05) is 12.1 Å². The van der Waals surface area contributed by atoms with E-state index in [2.05, 4.69) is 5.32 Å². The van der Waals surface area contributed by atoms with Gasteiger partial charge in [0.1, 0.15) is 5.56 Å². The van der Waals surface area contributed by atoms with Crippen LogP contribution in [-0.4, -0.2) is 50.2 Å². The first-order valence-electron chi connectivity index (χ1n) is 8.61. The van der Waals surface area contributed by atoms with Gasteiger partial charge in [0, 0.05) is 19.2 Å². The lowest BCUT2D eigenvalue weighted by molar-refractivity contribution is -0.385. The molecule has 3 rings (SSSR count). The Balaban J connectivity index is 1.97. The summed E-state index contributed by atoms with van der Waals surface area (Å²) in [5.41, 5.74) is 0.967. The summed E-state index contributed by atoms with van der Waals surface area (Å²) in [5, 5.41) is 13.9. The molecule has 28 heavy (non-hydrogen) atoms. The molecule has 1 aliphatic rings. The Labute approximate surface area is 161 Å². The molecule has 1 aliphatic heterocycles. The van der Waals surface area contributed by atoms with Crippen LogP contribution in [0.1, 0.15) is 20.7 Å². The highest BCUT2D eigenvalue weighted by molar-refractivity contribution is 6.09. The molecule has 9 heteroatoms. The molecule has 0 saturated carbocycles. The first kappa shape index (κ1) is 19.3. The summed E-state index contributed by atoms with van der Waals surface area (Å²) < 4.78 is 10.1. The first-order valence-corrected chi connectivity index (χ1v) is 8.61. The molecule has 9 nitrogen and oxygen atoms in total. The second-order valence-corrected chi connectivity index (χ2v) is 6.05. The minimum absolute atomic E-state index is 0.0658. The van der Waals surface area contributed by atoms with Crippen LogP contribution in [0.5, 0.6) is 0 Å². The predicted octanol–water partition coefficient (Wildman–Crippen LogP) is 2.47. The number of para-hydroxylation sites is 1. The molecule has 1 saturated heterocycles. The van der Waals surface area contributed by atoms with Gasteiger partial charge in [-0.05, 0) is 24.3 Å². The van der Waals surface area contributed by atoms with Gasteiger partial charge in [-0.15, -0.1) is 0 Å². The zero-order chi connectivity index (χ0) is 20.1. The van der Waals surface area contributed by atoms with Gasteiger partial charge in [0.25, 0.3) is 11.6 Å². The number of benzene rings is 2. The number of hydrogen-bond acceptors (Lipinski definition) is 7. The number of nitrogens with zero attached hydrogens (tertiary/aromatic N) is 2. The van der Waals surface area contributed by atoms with Crippen molar-refractivity contribution >= 4 is 28.9 Å². The summed E-state index contributed by atoms with van der Waals surface area (Å²) in [4.78, 5) is 37.3. The van der Waals surface area contributed by atoms with E-state index in [1.807, 2.05) is 4.90 Å². The van der Waals surface area contributed by atoms with Crippen molar-refractivity contribution in [1.82, 2.24) is 0 Å². The van der Waals surface area contributed by atoms with Crippen molar-refractivity contribution in [3.8, 4) is 0 Å². The number of nitro groups is 1. The van der Waals surface area contributed by atoms with Gasteiger partial charge < -0.3 is 19.7 Å². The third-order valence-corrected chi connectivity index (χ3v) is 4.36. The van der Waals surface area contributed by atoms with E-state index in [1.54, 1.807) is 18.2 Å². The van der Waals surface area contributed by atoms with Crippen LogP contribution in [0, 0.1) is 10.1 Å². The van der Waals surface area contributed by atoms with Crippen LogP contribution >= 0.6 is 0 Å². The van der Waals surface area contributed by atoms with E-state index in [4.69, 9.17) is 9.47 Å². The Bertz CT molecular complexity index is 908. The SMILES string of the molecule is COC(=O)c1ccc(N2CCOCC2)c(NC(=O)c2ccccc2[N+](=O)[O-])c1. The molecular formula is C19H19N3O6. The molecule has 0 atom stereocenters. The fourth-order valence-corrected chi connectivity index (χ4v) is 2.98. The van der Waals surface area contributed by atoms with E-state index in [9.17, 15) is 19.7 Å². The van der Waals surface area contributed by atoms with Gasteiger partial charge in [0.05, 0.1) is 42.2 Å². The Morgan fingerprint density at radius 3 is 2.57 bits per heavy atom. The van der Waals surface area contributed by atoms with Crippen molar-refractivity contribution in [2.24, 2.45) is 0 Å². The van der Waals surface area contributed by atoms with Crippen LogP contribution < -0.4 is 10.2 Å². The van der Waals surface area contributed by atoms with Crippen molar-refractivity contribution in [2.45, 2.75) is 0 Å². The van der Waals surface area contributed by atoms with Crippen LogP contribution in [0.3, 0.4) is 0 Å². The molecule has 0 aromatic heterocycles. The topological polar surface area (TPSA) is 111 Å². The number of methoxy groups -OCH3 is 1. The normalized spacial score (nSPS) is 13.7. The van der Waals surface area contributed by atoms with Gasteiger partial charge in [-0.2, -0.15) is 0 Å². The summed E-state index contributed by atoms with van der Waals surface area (Å²) >= 11 is 0. The third kappa shape index (κ3) is 4.09. The number of morpholine rings is 1. The summed E-state index contributed by atoms with van der Waals surface area (Å²) in [7, 11) is 1.27. The van der Waals surface area contributed by atoms with E-state index >= 15 is 0 Å². The summed E-state index contributed by atoms with van der Waals surface area (Å²) in [6.07, 6.45) is 0. The highest BCUT2D eigenvalue weighted by atomic mass is 16.6. The van der Waals surface area contributed by atoms with Crippen LogP contribution in [0.15, 0.2) is 42.5 Å². The fourth-order valence-electron chi connectivity index (χ4n) is 2.98. The van der Waals surface area contributed by atoms with Crippen LogP contribution in [0.4, 0.5) is 17.1 Å². The van der Waals surface area contributed by atoms with Gasteiger partial charge in [-0.3, -0.25) is 14.9 Å². The molecule has 0 bridgehead atoms. The van der Waals surface area contributed by atoms with Crippen molar-refractivity contribution in [3.05, 3.63) is 63.7 Å². The molecule has 1 amide bonds. The fraction of sp³-hybridized carbons (Fsp3) is 0.263. The summed E-state index contributed by atoms with van der Waals surface area (Å²) in [6.45, 7) is 2.31. The van der Waals surface area contributed by atoms with E-state index in [-0.39, 0.29) is 16.8 Å². The molecule has 0 radical (unpaired) electrons. The molecule has 0 aliphatic carbocycles. The molecule has 1 heterocycles. The largest absolute Gasteiger partial charge is 0.465 e. The van der Waals surface area contributed by atoms with Crippen molar-refractivity contribution < 1.29 is 24.0 Å². The minimum atomic E-state index is -0.635. The van der Waals surface area contributed by atoms with E-state index in [1.165, 1.54) is 31.4 Å². The van der Waals surface area contributed by atoms with E-state index < -0.39 is 16.8 Å². The quantitative estimate of drug-likeness (QED) is 0.478. The lowest BCUT2D eigenvalue weighted by Gasteiger charge is -2.30. The Hall–Kier alpha value is -3.46. The molecule has 1 fully saturated rings. The third-order valence-electron chi connectivity index (χ3n) is 4.36. The molecule has 2 aromatic carbocycles. The highest BCUT2D eigenvalue weighted by Gasteiger charge is 2.23. The average molecular weight is 385 g/mol. The monoisotopic (exact) mass is 385 g/mol. The predicted molar refractivity (Wildman–Crippen MR) is 102 cm³/mol. The summed E-state index contributed by atoms with van der Waals surface area (Å²) in [6, 6.07) is 10.5. The van der Waals surface area contributed by atoms with Crippen molar-refractivity contribution in [1.29, 1.82) is 0 Å². The smallest absolute Gasteiger partial charge is 0.337 e. The maximum absolute atomic E-state index is 12.8. The van der Waals surface area contributed by atoms with Crippen LogP contribution in [0.25, 0.3) is 0 Å². The number of rotatable bonds is 5. The number of carbonyl (C=O) groups excluding carboxylic acids is 2. The van der Waals surface area contributed by atoms with Gasteiger partial charge in [-0.25, -0.2) is 4.79 Å². The number of anilines is 2. The number of amides is 1. The lowest BCUT2D eigenvalue weighted by Crippen LogP contribution is -2.36. The molecule has 0 spiro atoms. The van der Waals surface area contributed by atoms with E-state index in [0.717, 1.165) is 0 Å². The zero-order valence-electron chi connectivity index (χ0n) is 15.2. The number of nitrogens with one attached hydrogen (secondary N) is 1. The number of nitro benzene ring substituents is 1. The maximum atomic E-state index is 12.8. The number of hydrogen-bond donors (Lipinski definition) is 1. The summed E-state index contributed by atoms with van der Waals surface area (Å²) in [5.74, 6) is -1.18. The molecule has 1 N–H and O–H groups in total. The van der Waals surface area contributed by atoms with Crippen LogP contribution in [-0.2, 0) is 9.47 Å². The Morgan fingerprint density at radius 2 is 1.89 bits per heavy atom. The first-order chi connectivity index (χ1) is 13.5. The second-order valence-electron chi connectivity index (χ2n) is 6.05. The van der Waals surface area contributed by atoms with Gasteiger partial charge >= 0.3 is 5.97 Å². The zero-order valence-corrected chi connectivity index (χ0v) is 15.2. The minimum Gasteiger partial charge on any atom is -0.465 e. The second kappa shape index (κ2) is 8.49. The standard InChI is InChI=1S/C19H19N3O6/c1-27-19(24)13-6-7-17(21-8-10-28-11-9-21)15(12-13)20-18(23)14-4-2-3-5-16(14)22(25)26/h2-7,12H,8-11H2,1H3,(H,20,23). The Morgan fingerprint density at radius 1 is 1.18 bits per heavy atom. The average Bonchev–Trinajstić information content (AvgIpc) is 2.73. The number of ether oxygens (including phenoxy) is 2. The molecular weight excluding hydrogens is 366 g/mol. The molecule has 146 valence electrons. The van der Waals surface area contributed by atoms with Crippen LogP contribution in [0.2, 0.25) is 0 Å². The maximum Gasteiger partial charge on any atom is 0.337 e. The highest BCUT2D eigenvalue weighted by Crippen LogP contribution is 2.30. The van der Waals surface area contributed by atoms with Crippen molar-refractivity contribution in [2.75, 3.05) is 43.6 Å². The van der Waals surface area contributed by atoms with Crippen molar-refractivity contribution in [3.63, 3.8) is 0 Å². The lowest BCUT2D eigenvalue weighted by atomic mass is 10.1. The number of carbonyl (C=O) groups is 2. The van der Waals surface area contributed by atoms with E-state index in [0.29, 0.717) is 37.7 Å². The molecule has 0 unspecified atom stereocenters. The number of esters is 1.